The number of anilines is 1. The molecule has 0 unspecified atom stereocenters. The molecule has 2 nitrogen and oxygen atoms in total. The normalized spacial score (nSPS) is 18.1. The van der Waals surface area contributed by atoms with Crippen LogP contribution >= 0.6 is 22.9 Å². The summed E-state index contributed by atoms with van der Waals surface area (Å²) < 4.78 is 0.638. The molecule has 2 heterocycles. The van der Waals surface area contributed by atoms with Crippen LogP contribution < -0.4 is 4.90 Å². The van der Waals surface area contributed by atoms with E-state index in [1.807, 2.05) is 19.2 Å². The van der Waals surface area contributed by atoms with Crippen molar-refractivity contribution < 1.29 is 4.79 Å². The van der Waals surface area contributed by atoms with Gasteiger partial charge in [0.2, 0.25) is 0 Å². The molecule has 0 amide bonds. The number of hydrogen-bond acceptors (Lipinski definition) is 3. The zero-order chi connectivity index (χ0) is 15.2. The Morgan fingerprint density at radius 3 is 2.57 bits per heavy atom. The molecule has 1 aromatic carbocycles. The average molecular weight is 318 g/mol. The summed E-state index contributed by atoms with van der Waals surface area (Å²) in [5.41, 5.74) is 3.24. The number of likely N-dealkylation sites (N-methyl/N-ethyl adjacent to an activating group) is 1. The number of nitrogens with zero attached hydrogens (tertiary/aromatic N) is 1. The van der Waals surface area contributed by atoms with Crippen LogP contribution in [-0.4, -0.2) is 12.8 Å². The molecule has 0 aliphatic carbocycles. The van der Waals surface area contributed by atoms with Crippen molar-refractivity contribution in [2.75, 3.05) is 11.9 Å². The highest BCUT2D eigenvalue weighted by Crippen LogP contribution is 2.46. The number of halogens is 1. The second-order valence-electron chi connectivity index (χ2n) is 5.70. The summed E-state index contributed by atoms with van der Waals surface area (Å²) in [6, 6.07) is 11.8. The molecule has 3 rings (SSSR count). The predicted molar refractivity (Wildman–Crippen MR) is 89.6 cm³/mol. The SMILES string of the molecule is CN1/C(=C\C(=O)c2ccc(Cl)s2)C(C)(C)c2ccccc21. The fourth-order valence-corrected chi connectivity index (χ4v) is 3.86. The average Bonchev–Trinajstić information content (AvgIpc) is 2.96. The summed E-state index contributed by atoms with van der Waals surface area (Å²) in [6.45, 7) is 4.30. The minimum absolute atomic E-state index is 0.00892. The lowest BCUT2D eigenvalue weighted by Gasteiger charge is -2.23. The van der Waals surface area contributed by atoms with Crippen molar-refractivity contribution in [3.05, 3.63) is 62.9 Å². The van der Waals surface area contributed by atoms with Gasteiger partial charge >= 0.3 is 0 Å². The molecule has 1 aliphatic heterocycles. The quantitative estimate of drug-likeness (QED) is 0.580. The van der Waals surface area contributed by atoms with E-state index in [1.165, 1.54) is 16.9 Å². The molecule has 1 aliphatic rings. The Morgan fingerprint density at radius 2 is 1.95 bits per heavy atom. The van der Waals surface area contributed by atoms with Crippen LogP contribution in [0.3, 0.4) is 0 Å². The van der Waals surface area contributed by atoms with Gasteiger partial charge in [0.05, 0.1) is 9.21 Å². The van der Waals surface area contributed by atoms with Crippen molar-refractivity contribution in [3.8, 4) is 0 Å². The second-order valence-corrected chi connectivity index (χ2v) is 7.41. The van der Waals surface area contributed by atoms with Crippen LogP contribution in [-0.2, 0) is 5.41 Å². The highest BCUT2D eigenvalue weighted by atomic mass is 35.5. The lowest BCUT2D eigenvalue weighted by molar-refractivity contribution is 0.104. The Balaban J connectivity index is 2.04. The van der Waals surface area contributed by atoms with E-state index in [0.717, 1.165) is 11.4 Å². The van der Waals surface area contributed by atoms with E-state index in [1.54, 1.807) is 18.2 Å². The van der Waals surface area contributed by atoms with Gasteiger partial charge in [0, 0.05) is 29.9 Å². The van der Waals surface area contributed by atoms with Crippen LogP contribution in [0.1, 0.15) is 29.1 Å². The number of carbonyl (C=O) groups excluding carboxylic acids is 1. The van der Waals surface area contributed by atoms with Gasteiger partial charge in [-0.2, -0.15) is 0 Å². The van der Waals surface area contributed by atoms with Crippen LogP contribution in [0.15, 0.2) is 48.2 Å². The first-order chi connectivity index (χ1) is 9.91. The molecule has 0 saturated heterocycles. The van der Waals surface area contributed by atoms with Gasteiger partial charge in [-0.3, -0.25) is 4.79 Å². The second kappa shape index (κ2) is 5.00. The van der Waals surface area contributed by atoms with Gasteiger partial charge in [-0.25, -0.2) is 0 Å². The molecule has 0 N–H and O–H groups in total. The Labute approximate surface area is 133 Å². The summed E-state index contributed by atoms with van der Waals surface area (Å²) in [4.78, 5) is 15.2. The number of carbonyl (C=O) groups is 1. The van der Waals surface area contributed by atoms with Crippen molar-refractivity contribution >= 4 is 34.4 Å². The number of rotatable bonds is 2. The first kappa shape index (κ1) is 14.4. The number of fused-ring (bicyclic) bond motifs is 1. The molecule has 0 bridgehead atoms. The molecule has 108 valence electrons. The third-order valence-electron chi connectivity index (χ3n) is 4.02. The Kier molecular flexibility index (Phi) is 3.42. The number of hydrogen-bond donors (Lipinski definition) is 0. The smallest absolute Gasteiger partial charge is 0.197 e. The van der Waals surface area contributed by atoms with Crippen molar-refractivity contribution in [1.29, 1.82) is 0 Å². The summed E-state index contributed by atoms with van der Waals surface area (Å²) in [5, 5.41) is 0. The highest BCUT2D eigenvalue weighted by molar-refractivity contribution is 7.18. The highest BCUT2D eigenvalue weighted by Gasteiger charge is 2.38. The summed E-state index contributed by atoms with van der Waals surface area (Å²) in [6.07, 6.45) is 1.74. The number of ketones is 1. The van der Waals surface area contributed by atoms with Gasteiger partial charge in [0.1, 0.15) is 0 Å². The number of benzene rings is 1. The third kappa shape index (κ3) is 2.30. The lowest BCUT2D eigenvalue weighted by Crippen LogP contribution is -2.24. The number of para-hydroxylation sites is 1. The Hall–Kier alpha value is -1.58. The van der Waals surface area contributed by atoms with Crippen LogP contribution in [0.25, 0.3) is 0 Å². The molecular formula is C17H16ClNOS. The maximum atomic E-state index is 12.4. The largest absolute Gasteiger partial charge is 0.347 e. The molecule has 0 fully saturated rings. The monoisotopic (exact) mass is 317 g/mol. The predicted octanol–water partition coefficient (Wildman–Crippen LogP) is 4.90. The third-order valence-corrected chi connectivity index (χ3v) is 5.27. The molecule has 1 aromatic heterocycles. The zero-order valence-electron chi connectivity index (χ0n) is 12.2. The van der Waals surface area contributed by atoms with Gasteiger partial charge < -0.3 is 4.90 Å². The van der Waals surface area contributed by atoms with Gasteiger partial charge in [-0.05, 0) is 23.8 Å². The van der Waals surface area contributed by atoms with Crippen molar-refractivity contribution in [1.82, 2.24) is 0 Å². The molecule has 21 heavy (non-hydrogen) atoms. The van der Waals surface area contributed by atoms with Gasteiger partial charge in [-0.15, -0.1) is 11.3 Å². The number of allylic oxidation sites excluding steroid dienone is 2. The van der Waals surface area contributed by atoms with Crippen LogP contribution in [0, 0.1) is 0 Å². The van der Waals surface area contributed by atoms with Gasteiger partial charge in [0.15, 0.2) is 5.78 Å². The molecule has 0 spiro atoms. The van der Waals surface area contributed by atoms with Gasteiger partial charge in [0.25, 0.3) is 0 Å². The van der Waals surface area contributed by atoms with E-state index in [2.05, 4.69) is 30.9 Å². The lowest BCUT2D eigenvalue weighted by atomic mass is 9.83. The Bertz CT molecular complexity index is 745. The summed E-state index contributed by atoms with van der Waals surface area (Å²) in [7, 11) is 2.01. The maximum absolute atomic E-state index is 12.4. The van der Waals surface area contributed by atoms with Gasteiger partial charge in [-0.1, -0.05) is 43.6 Å². The number of thiophene rings is 1. The summed E-state index contributed by atoms with van der Waals surface area (Å²) >= 11 is 7.23. The topological polar surface area (TPSA) is 20.3 Å². The minimum Gasteiger partial charge on any atom is -0.347 e. The van der Waals surface area contributed by atoms with E-state index >= 15 is 0 Å². The van der Waals surface area contributed by atoms with E-state index in [-0.39, 0.29) is 11.2 Å². The molecule has 0 saturated carbocycles. The van der Waals surface area contributed by atoms with Crippen LogP contribution in [0.5, 0.6) is 0 Å². The molecule has 4 heteroatoms. The Morgan fingerprint density at radius 1 is 1.24 bits per heavy atom. The zero-order valence-corrected chi connectivity index (χ0v) is 13.8. The fraction of sp³-hybridized carbons (Fsp3) is 0.235. The summed E-state index contributed by atoms with van der Waals surface area (Å²) in [5.74, 6) is 0.00892. The molecular weight excluding hydrogens is 302 g/mol. The first-order valence-electron chi connectivity index (χ1n) is 6.76. The minimum atomic E-state index is -0.179. The molecule has 0 atom stereocenters. The van der Waals surface area contributed by atoms with Crippen molar-refractivity contribution in [2.45, 2.75) is 19.3 Å². The van der Waals surface area contributed by atoms with Crippen molar-refractivity contribution in [2.24, 2.45) is 0 Å². The van der Waals surface area contributed by atoms with E-state index in [0.29, 0.717) is 9.21 Å². The fourth-order valence-electron chi connectivity index (χ4n) is 2.90. The van der Waals surface area contributed by atoms with Crippen LogP contribution in [0.4, 0.5) is 5.69 Å². The van der Waals surface area contributed by atoms with Crippen LogP contribution in [0.2, 0.25) is 4.34 Å². The van der Waals surface area contributed by atoms with E-state index in [4.69, 9.17) is 11.6 Å². The molecule has 0 radical (unpaired) electrons. The maximum Gasteiger partial charge on any atom is 0.197 e. The van der Waals surface area contributed by atoms with Crippen molar-refractivity contribution in [3.63, 3.8) is 0 Å². The van der Waals surface area contributed by atoms with E-state index in [9.17, 15) is 4.79 Å². The standard InChI is InChI=1S/C17H16ClNOS/c1-17(2)11-6-4-5-7-12(11)19(3)15(17)10-13(20)14-8-9-16(18)21-14/h4-10H,1-3H3/b15-10-. The first-order valence-corrected chi connectivity index (χ1v) is 7.96. The van der Waals surface area contributed by atoms with E-state index < -0.39 is 0 Å². The molecule has 2 aromatic rings.